The number of nitrogens with one attached hydrogen (secondary N) is 2. The number of carbonyl (C=O) groups is 2. The number of rotatable bonds is 3. The van der Waals surface area contributed by atoms with Gasteiger partial charge in [0.1, 0.15) is 5.69 Å². The molecule has 4 heteroatoms. The van der Waals surface area contributed by atoms with E-state index < -0.39 is 0 Å². The molecular formula is C10H12N2O2. The van der Waals surface area contributed by atoms with Gasteiger partial charge >= 0.3 is 0 Å². The summed E-state index contributed by atoms with van der Waals surface area (Å²) in [5.41, 5.74) is 0.938. The maximum absolute atomic E-state index is 11.5. The summed E-state index contributed by atoms with van der Waals surface area (Å²) in [6.45, 7) is 1.47. The van der Waals surface area contributed by atoms with Crippen LogP contribution in [-0.4, -0.2) is 22.7 Å². The molecule has 1 aromatic rings. The number of carbonyl (C=O) groups excluding carboxylic acids is 2. The monoisotopic (exact) mass is 192 g/mol. The number of aromatic amines is 1. The molecule has 0 aliphatic heterocycles. The summed E-state index contributed by atoms with van der Waals surface area (Å²) >= 11 is 0. The molecule has 1 saturated carbocycles. The molecule has 0 spiro atoms. The van der Waals surface area contributed by atoms with Crippen LogP contribution in [0.15, 0.2) is 12.1 Å². The summed E-state index contributed by atoms with van der Waals surface area (Å²) in [4.78, 5) is 25.2. The van der Waals surface area contributed by atoms with Crippen molar-refractivity contribution in [1.29, 1.82) is 0 Å². The largest absolute Gasteiger partial charge is 0.348 e. The van der Waals surface area contributed by atoms with Gasteiger partial charge in [-0.1, -0.05) is 0 Å². The van der Waals surface area contributed by atoms with Crippen molar-refractivity contribution in [1.82, 2.24) is 10.3 Å². The highest BCUT2D eigenvalue weighted by Crippen LogP contribution is 2.19. The Morgan fingerprint density at radius 2 is 2.00 bits per heavy atom. The zero-order chi connectivity index (χ0) is 10.1. The van der Waals surface area contributed by atoms with Gasteiger partial charge in [-0.2, -0.15) is 0 Å². The van der Waals surface area contributed by atoms with Gasteiger partial charge in [0, 0.05) is 13.0 Å². The van der Waals surface area contributed by atoms with Crippen LogP contribution in [0.3, 0.4) is 0 Å². The normalized spacial score (nSPS) is 15.2. The fourth-order valence-corrected chi connectivity index (χ4v) is 1.22. The number of ketones is 1. The standard InChI is InChI=1S/C10H12N2O2/c1-6(13)8-4-5-9(12-8)10(14)11-7-2-3-7/h4-5,7,12H,2-3H2,1H3,(H,11,14). The third-order valence-electron chi connectivity index (χ3n) is 2.22. The molecule has 4 nitrogen and oxygen atoms in total. The van der Waals surface area contributed by atoms with Gasteiger partial charge in [-0.25, -0.2) is 0 Å². The first-order chi connectivity index (χ1) is 6.66. The SMILES string of the molecule is CC(=O)c1ccc(C(=O)NC2CC2)[nH]1. The maximum Gasteiger partial charge on any atom is 0.267 e. The third-order valence-corrected chi connectivity index (χ3v) is 2.22. The molecule has 2 rings (SSSR count). The number of amides is 1. The second kappa shape index (κ2) is 3.29. The quantitative estimate of drug-likeness (QED) is 0.705. The van der Waals surface area contributed by atoms with E-state index in [1.807, 2.05) is 0 Å². The molecule has 0 aromatic carbocycles. The van der Waals surface area contributed by atoms with Gasteiger partial charge < -0.3 is 10.3 Å². The van der Waals surface area contributed by atoms with Crippen LogP contribution in [0.25, 0.3) is 0 Å². The lowest BCUT2D eigenvalue weighted by Crippen LogP contribution is -2.25. The number of aromatic nitrogens is 1. The van der Waals surface area contributed by atoms with Gasteiger partial charge in [-0.15, -0.1) is 0 Å². The minimum absolute atomic E-state index is 0.0597. The van der Waals surface area contributed by atoms with Crippen molar-refractivity contribution in [3.05, 3.63) is 23.5 Å². The van der Waals surface area contributed by atoms with Gasteiger partial charge in [0.2, 0.25) is 0 Å². The smallest absolute Gasteiger partial charge is 0.267 e. The van der Waals surface area contributed by atoms with Crippen LogP contribution >= 0.6 is 0 Å². The first-order valence-corrected chi connectivity index (χ1v) is 4.67. The summed E-state index contributed by atoms with van der Waals surface area (Å²) in [5, 5.41) is 2.84. The average molecular weight is 192 g/mol. The predicted molar refractivity (Wildman–Crippen MR) is 51.3 cm³/mol. The summed E-state index contributed by atoms with van der Waals surface area (Å²) in [6, 6.07) is 3.60. The predicted octanol–water partition coefficient (Wildman–Crippen LogP) is 1.11. The Morgan fingerprint density at radius 3 is 2.50 bits per heavy atom. The lowest BCUT2D eigenvalue weighted by molar-refractivity contribution is 0.0946. The van der Waals surface area contributed by atoms with Gasteiger partial charge in [-0.05, 0) is 25.0 Å². The molecule has 1 amide bonds. The molecule has 1 aromatic heterocycles. The molecule has 2 N–H and O–H groups in total. The van der Waals surface area contributed by atoms with Crippen molar-refractivity contribution in [2.24, 2.45) is 0 Å². The summed E-state index contributed by atoms with van der Waals surface area (Å²) in [7, 11) is 0. The Morgan fingerprint density at radius 1 is 1.36 bits per heavy atom. The zero-order valence-corrected chi connectivity index (χ0v) is 7.96. The molecule has 14 heavy (non-hydrogen) atoms. The van der Waals surface area contributed by atoms with E-state index in [0.717, 1.165) is 12.8 Å². The van der Waals surface area contributed by atoms with E-state index in [4.69, 9.17) is 0 Å². The second-order valence-corrected chi connectivity index (χ2v) is 3.59. The molecule has 1 aliphatic carbocycles. The Kier molecular flexibility index (Phi) is 2.11. The third kappa shape index (κ3) is 1.84. The van der Waals surface area contributed by atoms with Crippen LogP contribution in [-0.2, 0) is 0 Å². The molecule has 1 heterocycles. The Labute approximate surface area is 81.7 Å². The highest BCUT2D eigenvalue weighted by atomic mass is 16.2. The molecule has 1 fully saturated rings. The minimum atomic E-state index is -0.125. The molecule has 0 unspecified atom stereocenters. The van der Waals surface area contributed by atoms with Gasteiger partial charge in [-0.3, -0.25) is 9.59 Å². The molecule has 74 valence electrons. The van der Waals surface area contributed by atoms with Crippen LogP contribution in [0.2, 0.25) is 0 Å². The number of H-pyrrole nitrogens is 1. The van der Waals surface area contributed by atoms with Gasteiger partial charge in [0.25, 0.3) is 5.91 Å². The Hall–Kier alpha value is -1.58. The highest BCUT2D eigenvalue weighted by Gasteiger charge is 2.24. The van der Waals surface area contributed by atoms with Crippen LogP contribution < -0.4 is 5.32 Å². The van der Waals surface area contributed by atoms with E-state index in [1.54, 1.807) is 12.1 Å². The summed E-state index contributed by atoms with van der Waals surface area (Å²) in [6.07, 6.45) is 2.12. The molecular weight excluding hydrogens is 180 g/mol. The van der Waals surface area contributed by atoms with Gasteiger partial charge in [0.05, 0.1) is 5.69 Å². The first-order valence-electron chi connectivity index (χ1n) is 4.67. The maximum atomic E-state index is 11.5. The Bertz CT molecular complexity index is 377. The topological polar surface area (TPSA) is 62.0 Å². The van der Waals surface area contributed by atoms with Crippen molar-refractivity contribution >= 4 is 11.7 Å². The van der Waals surface area contributed by atoms with Crippen molar-refractivity contribution in [2.75, 3.05) is 0 Å². The first kappa shape index (κ1) is 8.99. The Balaban J connectivity index is 2.07. The van der Waals surface area contributed by atoms with Gasteiger partial charge in [0.15, 0.2) is 5.78 Å². The summed E-state index contributed by atoms with van der Waals surface area (Å²) in [5.74, 6) is -0.185. The minimum Gasteiger partial charge on any atom is -0.348 e. The molecule has 0 radical (unpaired) electrons. The lowest BCUT2D eigenvalue weighted by atomic mass is 10.3. The van der Waals surface area contributed by atoms with Crippen LogP contribution in [0.1, 0.15) is 40.7 Å². The van der Waals surface area contributed by atoms with Crippen molar-refractivity contribution in [3.8, 4) is 0 Å². The fourth-order valence-electron chi connectivity index (χ4n) is 1.22. The molecule has 0 atom stereocenters. The zero-order valence-electron chi connectivity index (χ0n) is 7.96. The number of hydrogen-bond donors (Lipinski definition) is 2. The van der Waals surface area contributed by atoms with E-state index in [0.29, 0.717) is 17.4 Å². The molecule has 1 aliphatic rings. The molecule has 0 saturated heterocycles. The highest BCUT2D eigenvalue weighted by molar-refractivity contribution is 5.97. The van der Waals surface area contributed by atoms with Crippen molar-refractivity contribution in [2.45, 2.75) is 25.8 Å². The van der Waals surface area contributed by atoms with E-state index in [9.17, 15) is 9.59 Å². The summed E-state index contributed by atoms with van der Waals surface area (Å²) < 4.78 is 0. The second-order valence-electron chi connectivity index (χ2n) is 3.59. The van der Waals surface area contributed by atoms with E-state index in [2.05, 4.69) is 10.3 Å². The van der Waals surface area contributed by atoms with E-state index in [1.165, 1.54) is 6.92 Å². The number of hydrogen-bond acceptors (Lipinski definition) is 2. The van der Waals surface area contributed by atoms with E-state index >= 15 is 0 Å². The number of Topliss-reactive ketones (excluding diaryl/α,β-unsaturated/α-hetero) is 1. The average Bonchev–Trinajstić information content (AvgIpc) is 2.81. The van der Waals surface area contributed by atoms with Crippen LogP contribution in [0.4, 0.5) is 0 Å². The van der Waals surface area contributed by atoms with Crippen molar-refractivity contribution in [3.63, 3.8) is 0 Å². The van der Waals surface area contributed by atoms with E-state index in [-0.39, 0.29) is 11.7 Å². The van der Waals surface area contributed by atoms with Crippen LogP contribution in [0.5, 0.6) is 0 Å². The molecule has 0 bridgehead atoms. The lowest BCUT2D eigenvalue weighted by Gasteiger charge is -1.99. The fraction of sp³-hybridized carbons (Fsp3) is 0.400. The van der Waals surface area contributed by atoms with Crippen LogP contribution in [0, 0.1) is 0 Å². The van der Waals surface area contributed by atoms with Crippen molar-refractivity contribution < 1.29 is 9.59 Å².